The van der Waals surface area contributed by atoms with Gasteiger partial charge in [0.1, 0.15) is 11.2 Å². The molecule has 314 valence electrons. The first-order valence-corrected chi connectivity index (χ1v) is 23.6. The minimum Gasteiger partial charge on any atom is -0.455 e. The fourth-order valence-corrected chi connectivity index (χ4v) is 11.3. The summed E-state index contributed by atoms with van der Waals surface area (Å²) in [5, 5.41) is 6.96. The lowest BCUT2D eigenvalue weighted by Crippen LogP contribution is -2.11. The molecule has 0 aliphatic carbocycles. The van der Waals surface area contributed by atoms with Gasteiger partial charge in [-0.25, -0.2) is 0 Å². The molecule has 3 heteroatoms. The molecule has 0 N–H and O–H groups in total. The number of anilines is 3. The maximum Gasteiger partial charge on any atom is 0.143 e. The van der Waals surface area contributed by atoms with E-state index >= 15 is 0 Å². The Bertz CT molecular complexity index is 3910. The van der Waals surface area contributed by atoms with Crippen molar-refractivity contribution < 1.29 is 4.42 Å². The van der Waals surface area contributed by atoms with Gasteiger partial charge in [0.2, 0.25) is 0 Å². The summed E-state index contributed by atoms with van der Waals surface area (Å²) in [4.78, 5) is 2.48. The second kappa shape index (κ2) is 16.2. The van der Waals surface area contributed by atoms with Crippen LogP contribution in [0, 0.1) is 0 Å². The molecule has 0 spiro atoms. The van der Waals surface area contributed by atoms with Crippen molar-refractivity contribution in [2.24, 2.45) is 0 Å². The van der Waals surface area contributed by atoms with Crippen LogP contribution in [0.2, 0.25) is 0 Å². The summed E-state index contributed by atoms with van der Waals surface area (Å²) in [5.74, 6) is 0. The van der Waals surface area contributed by atoms with Gasteiger partial charge in [-0.2, -0.15) is 0 Å². The molecule has 0 aliphatic rings. The predicted molar refractivity (Wildman–Crippen MR) is 286 cm³/mol. The van der Waals surface area contributed by atoms with Gasteiger partial charge in [-0.1, -0.05) is 182 Å². The van der Waals surface area contributed by atoms with Gasteiger partial charge >= 0.3 is 0 Å². The Hall–Kier alpha value is -8.50. The lowest BCUT2D eigenvalue weighted by Gasteiger charge is -2.29. The van der Waals surface area contributed by atoms with Gasteiger partial charge in [-0.3, -0.25) is 0 Å². The van der Waals surface area contributed by atoms with Crippen LogP contribution in [0.3, 0.4) is 0 Å². The van der Waals surface area contributed by atoms with E-state index in [2.05, 4.69) is 254 Å². The van der Waals surface area contributed by atoms with Gasteiger partial charge in [0.05, 0.1) is 16.1 Å². The maximum absolute atomic E-state index is 6.98. The Balaban J connectivity index is 1.09. The molecule has 0 unspecified atom stereocenters. The first-order chi connectivity index (χ1) is 33.2. The Morgan fingerprint density at radius 1 is 0.328 bits per heavy atom. The van der Waals surface area contributed by atoms with Gasteiger partial charge in [0, 0.05) is 42.9 Å². The van der Waals surface area contributed by atoms with Crippen LogP contribution in [0.15, 0.2) is 253 Å². The topological polar surface area (TPSA) is 16.4 Å². The summed E-state index contributed by atoms with van der Waals surface area (Å²) in [5.41, 5.74) is 16.6. The first-order valence-electron chi connectivity index (χ1n) is 22.8. The van der Waals surface area contributed by atoms with Crippen LogP contribution >= 0.6 is 11.3 Å². The Kier molecular flexibility index (Phi) is 9.40. The van der Waals surface area contributed by atoms with Crippen LogP contribution in [-0.4, -0.2) is 0 Å². The normalized spacial score (nSPS) is 11.6. The number of thiophene rings is 1. The quantitative estimate of drug-likeness (QED) is 0.151. The number of hydrogen-bond acceptors (Lipinski definition) is 3. The highest BCUT2D eigenvalue weighted by Crippen LogP contribution is 2.51. The lowest BCUT2D eigenvalue weighted by atomic mass is 9.90. The predicted octanol–water partition coefficient (Wildman–Crippen LogP) is 18.9. The Morgan fingerprint density at radius 3 is 1.58 bits per heavy atom. The zero-order valence-corrected chi connectivity index (χ0v) is 37.3. The summed E-state index contributed by atoms with van der Waals surface area (Å²) in [6.45, 7) is 0. The largest absolute Gasteiger partial charge is 0.455 e. The van der Waals surface area contributed by atoms with Gasteiger partial charge in [-0.05, 0) is 122 Å². The average Bonchev–Trinajstić information content (AvgIpc) is 3.99. The van der Waals surface area contributed by atoms with Crippen molar-refractivity contribution in [1.82, 2.24) is 0 Å². The van der Waals surface area contributed by atoms with Crippen LogP contribution in [-0.2, 0) is 0 Å². The van der Waals surface area contributed by atoms with Crippen molar-refractivity contribution >= 4 is 81.3 Å². The van der Waals surface area contributed by atoms with Crippen molar-refractivity contribution in [1.29, 1.82) is 0 Å². The fraction of sp³-hybridized carbons (Fsp3) is 0. The highest BCUT2D eigenvalue weighted by molar-refractivity contribution is 7.26. The van der Waals surface area contributed by atoms with Crippen LogP contribution in [0.5, 0.6) is 0 Å². The maximum atomic E-state index is 6.98. The van der Waals surface area contributed by atoms with Gasteiger partial charge < -0.3 is 9.32 Å². The Labute approximate surface area is 392 Å². The summed E-state index contributed by atoms with van der Waals surface area (Å²) in [6, 6.07) is 90.2. The van der Waals surface area contributed by atoms with E-state index in [1.807, 2.05) is 11.3 Å². The fourth-order valence-electron chi connectivity index (χ4n) is 10.1. The molecule has 0 saturated carbocycles. The molecular formula is C64H41NOS. The molecule has 67 heavy (non-hydrogen) atoms. The molecule has 0 aliphatic heterocycles. The minimum absolute atomic E-state index is 0.854. The van der Waals surface area contributed by atoms with Crippen LogP contribution in [0.4, 0.5) is 17.1 Å². The second-order valence-electron chi connectivity index (χ2n) is 17.2. The van der Waals surface area contributed by atoms with E-state index in [1.165, 1.54) is 53.6 Å². The van der Waals surface area contributed by atoms with Crippen molar-refractivity contribution in [2.45, 2.75) is 0 Å². The lowest BCUT2D eigenvalue weighted by molar-refractivity contribution is 0.673. The third-order valence-electron chi connectivity index (χ3n) is 13.2. The molecule has 0 atom stereocenters. The molecule has 0 fully saturated rings. The molecular weight excluding hydrogens is 831 g/mol. The molecule has 0 saturated heterocycles. The summed E-state index contributed by atoms with van der Waals surface area (Å²) >= 11 is 1.86. The summed E-state index contributed by atoms with van der Waals surface area (Å²) in [7, 11) is 0. The van der Waals surface area contributed by atoms with Crippen molar-refractivity contribution in [3.8, 4) is 55.6 Å². The molecule has 2 aromatic heterocycles. The van der Waals surface area contributed by atoms with E-state index in [-0.39, 0.29) is 0 Å². The van der Waals surface area contributed by atoms with Crippen molar-refractivity contribution in [3.63, 3.8) is 0 Å². The molecule has 0 bridgehead atoms. The molecule has 11 aromatic carbocycles. The molecule has 13 aromatic rings. The number of benzene rings is 11. The van der Waals surface area contributed by atoms with E-state index in [4.69, 9.17) is 4.42 Å². The third kappa shape index (κ3) is 6.79. The summed E-state index contributed by atoms with van der Waals surface area (Å²) < 4.78 is 9.49. The van der Waals surface area contributed by atoms with Gasteiger partial charge in [-0.15, -0.1) is 11.3 Å². The number of rotatable bonds is 8. The average molecular weight is 872 g/mol. The van der Waals surface area contributed by atoms with E-state index in [9.17, 15) is 0 Å². The third-order valence-corrected chi connectivity index (χ3v) is 14.4. The van der Waals surface area contributed by atoms with Crippen molar-refractivity contribution in [3.05, 3.63) is 249 Å². The van der Waals surface area contributed by atoms with Crippen LogP contribution in [0.1, 0.15) is 0 Å². The van der Waals surface area contributed by atoms with E-state index < -0.39 is 0 Å². The molecule has 2 nitrogen and oxygen atoms in total. The van der Waals surface area contributed by atoms with Crippen molar-refractivity contribution in [2.75, 3.05) is 4.90 Å². The SMILES string of the molecule is c1ccc(-c2ccc(N(c3ccc4oc5c6ccccc6ccc5c4c3-c3cccc(-c4cc(-c5ccccc5)cc(-c5ccccc5)c4)c3)c3cccc4c3sc3ccccc34)cc2)cc1. The highest BCUT2D eigenvalue weighted by Gasteiger charge is 2.26. The molecule has 13 rings (SSSR count). The highest BCUT2D eigenvalue weighted by atomic mass is 32.1. The van der Waals surface area contributed by atoms with E-state index in [1.54, 1.807) is 0 Å². The van der Waals surface area contributed by atoms with Gasteiger partial charge in [0.25, 0.3) is 0 Å². The number of furan rings is 1. The molecule has 2 heterocycles. The Morgan fingerprint density at radius 2 is 0.866 bits per heavy atom. The minimum atomic E-state index is 0.854. The molecule has 0 radical (unpaired) electrons. The summed E-state index contributed by atoms with van der Waals surface area (Å²) in [6.07, 6.45) is 0. The smallest absolute Gasteiger partial charge is 0.143 e. The number of nitrogens with zero attached hydrogens (tertiary/aromatic N) is 1. The zero-order chi connectivity index (χ0) is 44.3. The van der Waals surface area contributed by atoms with Crippen LogP contribution in [0.25, 0.3) is 109 Å². The van der Waals surface area contributed by atoms with E-state index in [0.717, 1.165) is 72.0 Å². The standard InChI is InChI=1S/C64H41NOS/c1-4-16-42(17-5-1)45-30-33-52(34-31-45)65(58-28-15-27-55-54-26-12-13-29-60(54)67-64(55)58)57-36-37-59-62(56-35-32-46-22-10-11-25-53(46)63(56)66-59)61(57)48-24-14-23-47(38-48)51-40-49(43-18-6-2-7-19-43)39-50(41-51)44-20-8-3-9-21-44/h1-41H. The van der Waals surface area contributed by atoms with Gasteiger partial charge in [0.15, 0.2) is 0 Å². The zero-order valence-electron chi connectivity index (χ0n) is 36.4. The monoisotopic (exact) mass is 871 g/mol. The first kappa shape index (κ1) is 38.9. The number of fused-ring (bicyclic) bond motifs is 8. The van der Waals surface area contributed by atoms with E-state index in [0.29, 0.717) is 0 Å². The number of hydrogen-bond donors (Lipinski definition) is 0. The second-order valence-corrected chi connectivity index (χ2v) is 18.3. The molecule has 0 amide bonds. The van der Waals surface area contributed by atoms with Crippen LogP contribution < -0.4 is 4.90 Å².